The standard InChI is InChI=1S/C22H24N4O5S/c1-14(27)31-12-15-13-32-21-19(20(28)26(21)18(15)22(29)30)25(10-16-6-2-4-8-23-16)11-17-7-3-5-9-24-17/h2-9,19-21,28H,10-13H2,1H3,(H,29,30)/t19-,20?,21?/m1/s1. The first-order chi connectivity index (χ1) is 15.5. The molecule has 0 aliphatic carbocycles. The molecule has 10 heteroatoms. The van der Waals surface area contributed by atoms with Crippen molar-refractivity contribution < 1.29 is 24.5 Å². The Balaban J connectivity index is 1.59. The second kappa shape index (κ2) is 9.68. The molecule has 2 aromatic rings. The number of nitrogens with zero attached hydrogens (tertiary/aromatic N) is 4. The predicted octanol–water partition coefficient (Wildman–Crippen LogP) is 1.46. The van der Waals surface area contributed by atoms with E-state index in [-0.39, 0.29) is 23.7 Å². The van der Waals surface area contributed by atoms with E-state index in [4.69, 9.17) is 4.74 Å². The topological polar surface area (TPSA) is 116 Å². The van der Waals surface area contributed by atoms with E-state index in [1.54, 1.807) is 12.4 Å². The first kappa shape index (κ1) is 22.3. The third-order valence-corrected chi connectivity index (χ3v) is 6.80. The van der Waals surface area contributed by atoms with Gasteiger partial charge in [0.15, 0.2) is 0 Å². The van der Waals surface area contributed by atoms with Crippen molar-refractivity contribution in [2.45, 2.75) is 37.7 Å². The normalized spacial score (nSPS) is 22.3. The van der Waals surface area contributed by atoms with Crippen molar-refractivity contribution in [3.63, 3.8) is 0 Å². The number of rotatable bonds is 8. The fraction of sp³-hybridized carbons (Fsp3) is 0.364. The molecule has 2 N–H and O–H groups in total. The molecular weight excluding hydrogens is 432 g/mol. The van der Waals surface area contributed by atoms with Gasteiger partial charge in [-0.05, 0) is 24.3 Å². The first-order valence-corrected chi connectivity index (χ1v) is 11.2. The number of hydrogen-bond acceptors (Lipinski definition) is 9. The maximum Gasteiger partial charge on any atom is 0.352 e. The predicted molar refractivity (Wildman–Crippen MR) is 117 cm³/mol. The van der Waals surface area contributed by atoms with Gasteiger partial charge in [-0.2, -0.15) is 0 Å². The number of fused-ring (bicyclic) bond motifs is 1. The summed E-state index contributed by atoms with van der Waals surface area (Å²) < 4.78 is 5.03. The van der Waals surface area contributed by atoms with E-state index in [0.29, 0.717) is 24.4 Å². The summed E-state index contributed by atoms with van der Waals surface area (Å²) in [5, 5.41) is 20.6. The van der Waals surface area contributed by atoms with Gasteiger partial charge in [-0.25, -0.2) is 4.79 Å². The molecule has 2 aliphatic rings. The summed E-state index contributed by atoms with van der Waals surface area (Å²) in [6, 6.07) is 11.0. The van der Waals surface area contributed by atoms with Crippen molar-refractivity contribution in [1.82, 2.24) is 19.8 Å². The van der Waals surface area contributed by atoms with Crippen LogP contribution in [0.2, 0.25) is 0 Å². The van der Waals surface area contributed by atoms with Gasteiger partial charge in [-0.1, -0.05) is 12.1 Å². The second-order valence-corrected chi connectivity index (χ2v) is 8.70. The lowest BCUT2D eigenvalue weighted by atomic mass is 9.99. The minimum Gasteiger partial charge on any atom is -0.477 e. The SMILES string of the molecule is CC(=O)OCC1=C(C(=O)O)N2C(O)[C@@H](N(Cc3ccccn3)Cc3ccccn3)C2SC1. The molecule has 1 saturated heterocycles. The van der Waals surface area contributed by atoms with E-state index >= 15 is 0 Å². The summed E-state index contributed by atoms with van der Waals surface area (Å²) in [4.78, 5) is 35.6. The van der Waals surface area contributed by atoms with Crippen LogP contribution in [0, 0.1) is 0 Å². The molecule has 1 fully saturated rings. The summed E-state index contributed by atoms with van der Waals surface area (Å²) >= 11 is 1.53. The zero-order valence-electron chi connectivity index (χ0n) is 17.5. The fourth-order valence-electron chi connectivity index (χ4n) is 4.00. The molecule has 32 heavy (non-hydrogen) atoms. The molecule has 3 atom stereocenters. The van der Waals surface area contributed by atoms with E-state index in [1.165, 1.54) is 23.6 Å². The van der Waals surface area contributed by atoms with Crippen LogP contribution in [0.25, 0.3) is 0 Å². The monoisotopic (exact) mass is 456 g/mol. The van der Waals surface area contributed by atoms with Gasteiger partial charge in [0.1, 0.15) is 18.5 Å². The lowest BCUT2D eigenvalue weighted by molar-refractivity contribution is -0.162. The van der Waals surface area contributed by atoms with Crippen molar-refractivity contribution in [3.05, 3.63) is 71.4 Å². The molecule has 2 aromatic heterocycles. The highest BCUT2D eigenvalue weighted by Crippen LogP contribution is 2.45. The quantitative estimate of drug-likeness (QED) is 0.566. The zero-order valence-corrected chi connectivity index (χ0v) is 18.3. The number of carbonyl (C=O) groups excluding carboxylic acids is 1. The number of thioether (sulfide) groups is 1. The number of carboxylic acid groups (broad SMARTS) is 1. The second-order valence-electron chi connectivity index (χ2n) is 7.60. The molecule has 0 aromatic carbocycles. The number of carbonyl (C=O) groups is 2. The van der Waals surface area contributed by atoms with Crippen LogP contribution in [0.4, 0.5) is 0 Å². The molecule has 9 nitrogen and oxygen atoms in total. The van der Waals surface area contributed by atoms with E-state index < -0.39 is 18.2 Å². The van der Waals surface area contributed by atoms with Crippen LogP contribution in [0.5, 0.6) is 0 Å². The number of esters is 1. The van der Waals surface area contributed by atoms with Gasteiger partial charge < -0.3 is 19.8 Å². The number of aliphatic hydroxyl groups excluding tert-OH is 1. The maximum absolute atomic E-state index is 12.0. The molecule has 0 amide bonds. The Morgan fingerprint density at radius 1 is 1.16 bits per heavy atom. The maximum atomic E-state index is 12.0. The summed E-state index contributed by atoms with van der Waals surface area (Å²) in [5.41, 5.74) is 2.18. The third-order valence-electron chi connectivity index (χ3n) is 5.43. The molecule has 0 spiro atoms. The van der Waals surface area contributed by atoms with Crippen LogP contribution >= 0.6 is 11.8 Å². The lowest BCUT2D eigenvalue weighted by Gasteiger charge is -2.58. The highest BCUT2D eigenvalue weighted by atomic mass is 32.2. The van der Waals surface area contributed by atoms with Crippen LogP contribution < -0.4 is 0 Å². The van der Waals surface area contributed by atoms with Crippen LogP contribution in [-0.2, 0) is 27.4 Å². The van der Waals surface area contributed by atoms with Gasteiger partial charge in [0.2, 0.25) is 0 Å². The van der Waals surface area contributed by atoms with Gasteiger partial charge in [-0.3, -0.25) is 19.7 Å². The number of pyridine rings is 2. The van der Waals surface area contributed by atoms with Crippen molar-refractivity contribution in [3.8, 4) is 0 Å². The smallest absolute Gasteiger partial charge is 0.352 e. The highest BCUT2D eigenvalue weighted by molar-refractivity contribution is 8.00. The van der Waals surface area contributed by atoms with E-state index in [9.17, 15) is 19.8 Å². The van der Waals surface area contributed by atoms with E-state index in [0.717, 1.165) is 11.4 Å². The van der Waals surface area contributed by atoms with Crippen molar-refractivity contribution in [2.75, 3.05) is 12.4 Å². The number of carboxylic acids is 1. The van der Waals surface area contributed by atoms with E-state index in [2.05, 4.69) is 14.9 Å². The molecule has 4 rings (SSSR count). The van der Waals surface area contributed by atoms with Gasteiger partial charge in [0, 0.05) is 43.7 Å². The molecule has 0 saturated carbocycles. The Morgan fingerprint density at radius 2 is 1.78 bits per heavy atom. The van der Waals surface area contributed by atoms with Crippen molar-refractivity contribution in [1.29, 1.82) is 0 Å². The van der Waals surface area contributed by atoms with Gasteiger partial charge in [0.25, 0.3) is 0 Å². The Bertz CT molecular complexity index is 962. The number of aliphatic hydroxyl groups is 1. The van der Waals surface area contributed by atoms with Gasteiger partial charge >= 0.3 is 11.9 Å². The third kappa shape index (κ3) is 4.62. The summed E-state index contributed by atoms with van der Waals surface area (Å²) in [5.74, 6) is -1.22. The van der Waals surface area contributed by atoms with Crippen LogP contribution in [-0.4, -0.2) is 71.9 Å². The fourth-order valence-corrected chi connectivity index (χ4v) is 5.49. The summed E-state index contributed by atoms with van der Waals surface area (Å²) in [6.07, 6.45) is 2.41. The summed E-state index contributed by atoms with van der Waals surface area (Å²) in [7, 11) is 0. The average molecular weight is 457 g/mol. The molecular formula is C22H24N4O5S. The van der Waals surface area contributed by atoms with Crippen LogP contribution in [0.3, 0.4) is 0 Å². The number of hydrogen-bond donors (Lipinski definition) is 2. The molecule has 0 radical (unpaired) electrons. The van der Waals surface area contributed by atoms with Crippen molar-refractivity contribution in [2.24, 2.45) is 0 Å². The minimum atomic E-state index is -1.14. The van der Waals surface area contributed by atoms with Gasteiger partial charge in [0.05, 0.1) is 22.8 Å². The lowest BCUT2D eigenvalue weighted by Crippen LogP contribution is -2.72. The van der Waals surface area contributed by atoms with E-state index in [1.807, 2.05) is 36.4 Å². The average Bonchev–Trinajstić information content (AvgIpc) is 2.78. The minimum absolute atomic E-state index is 0.00868. The number of aromatic nitrogens is 2. The van der Waals surface area contributed by atoms with Crippen LogP contribution in [0.1, 0.15) is 18.3 Å². The zero-order chi connectivity index (χ0) is 22.7. The molecule has 2 unspecified atom stereocenters. The molecule has 2 aliphatic heterocycles. The Labute approximate surface area is 189 Å². The summed E-state index contributed by atoms with van der Waals surface area (Å²) in [6.45, 7) is 2.14. The molecule has 168 valence electrons. The Hall–Kier alpha value is -2.95. The Kier molecular flexibility index (Phi) is 6.73. The van der Waals surface area contributed by atoms with Crippen molar-refractivity contribution >= 4 is 23.7 Å². The highest BCUT2D eigenvalue weighted by Gasteiger charge is 2.55. The first-order valence-electron chi connectivity index (χ1n) is 10.2. The largest absolute Gasteiger partial charge is 0.477 e. The molecule has 4 heterocycles. The Morgan fingerprint density at radius 3 is 2.28 bits per heavy atom. The van der Waals surface area contributed by atoms with Gasteiger partial charge in [-0.15, -0.1) is 11.8 Å². The van der Waals surface area contributed by atoms with Crippen LogP contribution in [0.15, 0.2) is 60.1 Å². The number of ether oxygens (including phenoxy) is 1. The number of aliphatic carboxylic acids is 1. The molecule has 0 bridgehead atoms.